The standard InChI is InChI=1S/C7H9N3O.2ClH/c8-5-1-4(7(10)11)2-6(9)3-5;;/h1-3H,8-9H2,(H2,10,11);2*1H. The molecule has 0 aliphatic rings. The molecule has 0 aromatic heterocycles. The molecule has 6 N–H and O–H groups in total. The Hall–Kier alpha value is -1.13. The summed E-state index contributed by atoms with van der Waals surface area (Å²) >= 11 is 0. The van der Waals surface area contributed by atoms with Crippen LogP contribution in [0.25, 0.3) is 0 Å². The summed E-state index contributed by atoms with van der Waals surface area (Å²) in [5, 5.41) is 0. The number of rotatable bonds is 1. The largest absolute Gasteiger partial charge is 0.399 e. The molecule has 0 aliphatic carbocycles. The van der Waals surface area contributed by atoms with Gasteiger partial charge in [-0.2, -0.15) is 0 Å². The Morgan fingerprint density at radius 1 is 1.00 bits per heavy atom. The number of benzene rings is 1. The number of primary amides is 1. The first-order valence-corrected chi connectivity index (χ1v) is 3.05. The van der Waals surface area contributed by atoms with Crippen LogP contribution in [0.5, 0.6) is 0 Å². The highest BCUT2D eigenvalue weighted by molar-refractivity contribution is 5.94. The third kappa shape index (κ3) is 3.87. The molecule has 0 unspecified atom stereocenters. The van der Waals surface area contributed by atoms with Gasteiger partial charge in [-0.25, -0.2) is 0 Å². The highest BCUT2D eigenvalue weighted by Crippen LogP contribution is 2.12. The molecule has 74 valence electrons. The molecule has 0 saturated heterocycles. The van der Waals surface area contributed by atoms with Crippen molar-refractivity contribution in [2.24, 2.45) is 5.73 Å². The van der Waals surface area contributed by atoms with E-state index in [0.29, 0.717) is 16.9 Å². The molecule has 1 aromatic carbocycles. The number of amides is 1. The van der Waals surface area contributed by atoms with Gasteiger partial charge in [-0.05, 0) is 18.2 Å². The van der Waals surface area contributed by atoms with Crippen LogP contribution in [-0.2, 0) is 0 Å². The number of nitrogen functional groups attached to an aromatic ring is 2. The average molecular weight is 224 g/mol. The second-order valence-electron chi connectivity index (χ2n) is 2.25. The van der Waals surface area contributed by atoms with E-state index in [4.69, 9.17) is 17.2 Å². The van der Waals surface area contributed by atoms with Crippen LogP contribution < -0.4 is 17.2 Å². The minimum atomic E-state index is -0.524. The van der Waals surface area contributed by atoms with Gasteiger partial charge in [0.25, 0.3) is 0 Å². The van der Waals surface area contributed by atoms with E-state index in [1.807, 2.05) is 0 Å². The smallest absolute Gasteiger partial charge is 0.248 e. The van der Waals surface area contributed by atoms with Gasteiger partial charge in [0, 0.05) is 16.9 Å². The van der Waals surface area contributed by atoms with Crippen LogP contribution in [0, 0.1) is 0 Å². The van der Waals surface area contributed by atoms with Crippen molar-refractivity contribution in [3.8, 4) is 0 Å². The van der Waals surface area contributed by atoms with E-state index in [2.05, 4.69) is 0 Å². The molecule has 0 fully saturated rings. The molecule has 0 spiro atoms. The van der Waals surface area contributed by atoms with Crippen molar-refractivity contribution < 1.29 is 4.79 Å². The van der Waals surface area contributed by atoms with Crippen LogP contribution in [0.15, 0.2) is 18.2 Å². The zero-order valence-corrected chi connectivity index (χ0v) is 8.32. The van der Waals surface area contributed by atoms with Crippen molar-refractivity contribution in [2.45, 2.75) is 0 Å². The van der Waals surface area contributed by atoms with Crippen LogP contribution in [0.2, 0.25) is 0 Å². The normalized spacial score (nSPS) is 8.00. The Balaban J connectivity index is 0. The predicted octanol–water partition coefficient (Wildman–Crippen LogP) is 0.794. The maximum Gasteiger partial charge on any atom is 0.248 e. The summed E-state index contributed by atoms with van der Waals surface area (Å²) in [6, 6.07) is 4.53. The molecule has 0 aliphatic heterocycles. The zero-order valence-electron chi connectivity index (χ0n) is 6.69. The van der Waals surface area contributed by atoms with Gasteiger partial charge in [0.05, 0.1) is 0 Å². The van der Waals surface area contributed by atoms with E-state index in [0.717, 1.165) is 0 Å². The fourth-order valence-corrected chi connectivity index (χ4v) is 0.819. The van der Waals surface area contributed by atoms with E-state index in [9.17, 15) is 4.79 Å². The van der Waals surface area contributed by atoms with Crippen LogP contribution in [-0.4, -0.2) is 5.91 Å². The van der Waals surface area contributed by atoms with Crippen molar-refractivity contribution in [3.63, 3.8) is 0 Å². The van der Waals surface area contributed by atoms with E-state index in [-0.39, 0.29) is 24.8 Å². The summed E-state index contributed by atoms with van der Waals surface area (Å²) in [6.45, 7) is 0. The third-order valence-corrected chi connectivity index (χ3v) is 1.26. The van der Waals surface area contributed by atoms with Gasteiger partial charge in [0.1, 0.15) is 0 Å². The Morgan fingerprint density at radius 2 is 1.38 bits per heavy atom. The number of halogens is 2. The Labute approximate surface area is 88.3 Å². The highest BCUT2D eigenvalue weighted by atomic mass is 35.5. The lowest BCUT2D eigenvalue weighted by Gasteiger charge is -1.99. The number of carbonyl (C=O) groups excluding carboxylic acids is 1. The second-order valence-corrected chi connectivity index (χ2v) is 2.25. The van der Waals surface area contributed by atoms with Gasteiger partial charge in [-0.1, -0.05) is 0 Å². The third-order valence-electron chi connectivity index (χ3n) is 1.26. The zero-order chi connectivity index (χ0) is 8.43. The molecule has 4 nitrogen and oxygen atoms in total. The van der Waals surface area contributed by atoms with E-state index in [1.54, 1.807) is 6.07 Å². The molecule has 0 radical (unpaired) electrons. The van der Waals surface area contributed by atoms with Gasteiger partial charge in [0.15, 0.2) is 0 Å². The quantitative estimate of drug-likeness (QED) is 0.615. The van der Waals surface area contributed by atoms with Gasteiger partial charge in [0.2, 0.25) is 5.91 Å². The lowest BCUT2D eigenvalue weighted by Crippen LogP contribution is -2.11. The molecule has 1 amide bonds. The summed E-state index contributed by atoms with van der Waals surface area (Å²) in [5.74, 6) is -0.524. The van der Waals surface area contributed by atoms with Crippen molar-refractivity contribution in [2.75, 3.05) is 11.5 Å². The first-order chi connectivity index (χ1) is 5.09. The molecule has 1 aromatic rings. The molecule has 0 atom stereocenters. The summed E-state index contributed by atoms with van der Waals surface area (Å²) < 4.78 is 0. The monoisotopic (exact) mass is 223 g/mol. The molecule has 1 rings (SSSR count). The number of carbonyl (C=O) groups is 1. The highest BCUT2D eigenvalue weighted by Gasteiger charge is 2.00. The number of nitrogens with two attached hydrogens (primary N) is 3. The minimum Gasteiger partial charge on any atom is -0.399 e. The summed E-state index contributed by atoms with van der Waals surface area (Å²) in [4.78, 5) is 10.6. The fourth-order valence-electron chi connectivity index (χ4n) is 0.819. The van der Waals surface area contributed by atoms with Crippen molar-refractivity contribution in [1.29, 1.82) is 0 Å². The fraction of sp³-hybridized carbons (Fsp3) is 0. The van der Waals surface area contributed by atoms with E-state index in [1.165, 1.54) is 12.1 Å². The Morgan fingerprint density at radius 3 is 1.69 bits per heavy atom. The summed E-state index contributed by atoms with van der Waals surface area (Å²) in [5.41, 5.74) is 17.0. The predicted molar refractivity (Wildman–Crippen MR) is 58.3 cm³/mol. The summed E-state index contributed by atoms with van der Waals surface area (Å²) in [7, 11) is 0. The topological polar surface area (TPSA) is 95.1 Å². The molecule has 6 heteroatoms. The number of hydrogen-bond acceptors (Lipinski definition) is 3. The molecule has 0 heterocycles. The van der Waals surface area contributed by atoms with Gasteiger partial charge < -0.3 is 17.2 Å². The second kappa shape index (κ2) is 5.50. The van der Waals surface area contributed by atoms with Gasteiger partial charge in [-0.15, -0.1) is 24.8 Å². The Bertz CT molecular complexity index is 284. The van der Waals surface area contributed by atoms with Crippen LogP contribution in [0.3, 0.4) is 0 Å². The van der Waals surface area contributed by atoms with Crippen LogP contribution in [0.1, 0.15) is 10.4 Å². The van der Waals surface area contributed by atoms with Crippen molar-refractivity contribution in [1.82, 2.24) is 0 Å². The molecule has 0 bridgehead atoms. The number of anilines is 2. The number of hydrogen-bond donors (Lipinski definition) is 3. The molecule has 13 heavy (non-hydrogen) atoms. The van der Waals surface area contributed by atoms with Crippen LogP contribution >= 0.6 is 24.8 Å². The van der Waals surface area contributed by atoms with Crippen molar-refractivity contribution in [3.05, 3.63) is 23.8 Å². The SMILES string of the molecule is Cl.Cl.NC(=O)c1cc(N)cc(N)c1. The minimum absolute atomic E-state index is 0. The molecule has 0 saturated carbocycles. The average Bonchev–Trinajstić information content (AvgIpc) is 1.85. The maximum absolute atomic E-state index is 10.6. The molecular weight excluding hydrogens is 213 g/mol. The van der Waals surface area contributed by atoms with Crippen LogP contribution in [0.4, 0.5) is 11.4 Å². The molecular formula is C7H11Cl2N3O. The maximum atomic E-state index is 10.6. The van der Waals surface area contributed by atoms with Gasteiger partial charge >= 0.3 is 0 Å². The van der Waals surface area contributed by atoms with E-state index < -0.39 is 5.91 Å². The van der Waals surface area contributed by atoms with Gasteiger partial charge in [-0.3, -0.25) is 4.79 Å². The first-order valence-electron chi connectivity index (χ1n) is 3.05. The van der Waals surface area contributed by atoms with Crippen molar-refractivity contribution >= 4 is 42.1 Å². The lowest BCUT2D eigenvalue weighted by atomic mass is 10.2. The first kappa shape index (κ1) is 14.4. The Kier molecular flexibility index (Phi) is 6.10. The lowest BCUT2D eigenvalue weighted by molar-refractivity contribution is 0.100. The van der Waals surface area contributed by atoms with E-state index >= 15 is 0 Å². The summed E-state index contributed by atoms with van der Waals surface area (Å²) in [6.07, 6.45) is 0.